The van der Waals surface area contributed by atoms with E-state index in [2.05, 4.69) is 10.00 Å². The Morgan fingerprint density at radius 2 is 2.10 bits per heavy atom. The van der Waals surface area contributed by atoms with Gasteiger partial charge in [0.1, 0.15) is 4.90 Å². The maximum atomic E-state index is 12.5. The molecule has 0 saturated carbocycles. The summed E-state index contributed by atoms with van der Waals surface area (Å²) in [5, 5.41) is 12.8. The van der Waals surface area contributed by atoms with Crippen LogP contribution in [0.2, 0.25) is 0 Å². The van der Waals surface area contributed by atoms with E-state index < -0.39 is 10.0 Å². The molecule has 2 heterocycles. The molecule has 0 amide bonds. The molecule has 1 aromatic rings. The van der Waals surface area contributed by atoms with Gasteiger partial charge in [-0.25, -0.2) is 8.42 Å². The summed E-state index contributed by atoms with van der Waals surface area (Å²) in [6.45, 7) is 3.32. The number of aromatic nitrogens is 2. The number of aliphatic hydroxyl groups is 1. The zero-order valence-corrected chi connectivity index (χ0v) is 12.6. The number of nitrogens with zero attached hydrogens (tertiary/aromatic N) is 4. The van der Waals surface area contributed by atoms with Crippen LogP contribution in [0.4, 0.5) is 0 Å². The molecule has 20 heavy (non-hydrogen) atoms. The molecule has 2 rings (SSSR count). The second-order valence-corrected chi connectivity index (χ2v) is 7.02. The van der Waals surface area contributed by atoms with Gasteiger partial charge >= 0.3 is 0 Å². The number of hydrogen-bond donors (Lipinski definition) is 1. The molecule has 8 heteroatoms. The maximum Gasteiger partial charge on any atom is 0.246 e. The summed E-state index contributed by atoms with van der Waals surface area (Å²) in [6.07, 6.45) is 4.34. The molecule has 0 bridgehead atoms. The molecule has 1 aliphatic rings. The van der Waals surface area contributed by atoms with Crippen LogP contribution in [0.15, 0.2) is 17.3 Å². The Balaban J connectivity index is 2.10. The molecule has 1 N–H and O–H groups in total. The molecule has 0 radical (unpaired) electrons. The lowest BCUT2D eigenvalue weighted by Crippen LogP contribution is -2.34. The summed E-state index contributed by atoms with van der Waals surface area (Å²) in [4.78, 5) is 2.38. The molecular weight excluding hydrogens is 280 g/mol. The third-order valence-electron chi connectivity index (χ3n) is 3.47. The van der Waals surface area contributed by atoms with Crippen LogP contribution in [0.1, 0.15) is 12.8 Å². The zero-order chi connectivity index (χ0) is 14.6. The molecule has 1 aliphatic heterocycles. The fourth-order valence-electron chi connectivity index (χ4n) is 2.25. The van der Waals surface area contributed by atoms with Crippen molar-refractivity contribution in [3.63, 3.8) is 0 Å². The van der Waals surface area contributed by atoms with Gasteiger partial charge in [0.05, 0.1) is 6.20 Å². The minimum absolute atomic E-state index is 0.0698. The van der Waals surface area contributed by atoms with Gasteiger partial charge in [-0.05, 0) is 26.4 Å². The third-order valence-corrected chi connectivity index (χ3v) is 5.32. The molecule has 1 fully saturated rings. The van der Waals surface area contributed by atoms with Crippen molar-refractivity contribution >= 4 is 10.0 Å². The molecule has 0 spiro atoms. The Kier molecular flexibility index (Phi) is 5.14. The predicted molar refractivity (Wildman–Crippen MR) is 74.8 cm³/mol. The minimum Gasteiger partial charge on any atom is -0.396 e. The molecule has 1 aromatic heterocycles. The lowest BCUT2D eigenvalue weighted by Gasteiger charge is -2.19. The van der Waals surface area contributed by atoms with Crippen molar-refractivity contribution in [3.05, 3.63) is 12.4 Å². The lowest BCUT2D eigenvalue weighted by molar-refractivity contribution is 0.277. The summed E-state index contributed by atoms with van der Waals surface area (Å²) in [5.41, 5.74) is 0. The lowest BCUT2D eigenvalue weighted by atomic mass is 10.4. The number of likely N-dealkylation sites (N-methyl/N-ethyl adjacent to an activating group) is 1. The number of aliphatic hydroxyl groups excluding tert-OH is 1. The fourth-order valence-corrected chi connectivity index (χ4v) is 3.67. The molecule has 0 unspecified atom stereocenters. The van der Waals surface area contributed by atoms with Crippen LogP contribution in [0, 0.1) is 0 Å². The highest BCUT2D eigenvalue weighted by atomic mass is 32.2. The van der Waals surface area contributed by atoms with Crippen LogP contribution in [0.25, 0.3) is 0 Å². The first-order chi connectivity index (χ1) is 9.54. The highest BCUT2D eigenvalue weighted by molar-refractivity contribution is 7.89. The van der Waals surface area contributed by atoms with Gasteiger partial charge in [-0.3, -0.25) is 4.68 Å². The van der Waals surface area contributed by atoms with Crippen molar-refractivity contribution in [1.82, 2.24) is 19.0 Å². The quantitative estimate of drug-likeness (QED) is 0.800. The predicted octanol–water partition coefficient (Wildman–Crippen LogP) is -0.408. The zero-order valence-electron chi connectivity index (χ0n) is 11.8. The Labute approximate surface area is 119 Å². The molecule has 7 nitrogen and oxygen atoms in total. The van der Waals surface area contributed by atoms with E-state index in [1.54, 1.807) is 10.9 Å². The van der Waals surface area contributed by atoms with E-state index in [1.165, 1.54) is 10.5 Å². The Bertz CT molecular complexity index is 529. The minimum atomic E-state index is -3.45. The van der Waals surface area contributed by atoms with Crippen LogP contribution in [0.5, 0.6) is 0 Å². The van der Waals surface area contributed by atoms with E-state index in [0.717, 1.165) is 19.5 Å². The second-order valence-electron chi connectivity index (χ2n) is 5.08. The average Bonchev–Trinajstić information content (AvgIpc) is 2.79. The first kappa shape index (κ1) is 15.4. The number of hydrogen-bond acceptors (Lipinski definition) is 5. The molecule has 1 saturated heterocycles. The molecule has 114 valence electrons. The standard InChI is InChI=1S/C12H22N4O3S/c1-14-4-2-6-16(8-7-14)20(18,19)12-10-13-15(11-12)5-3-9-17/h10-11,17H,2-9H2,1H3. The topological polar surface area (TPSA) is 78.7 Å². The van der Waals surface area contributed by atoms with Crippen molar-refractivity contribution in [3.8, 4) is 0 Å². The van der Waals surface area contributed by atoms with Crippen LogP contribution in [-0.4, -0.2) is 72.3 Å². The Hall–Kier alpha value is -0.960. The highest BCUT2D eigenvalue weighted by Gasteiger charge is 2.27. The van der Waals surface area contributed by atoms with E-state index >= 15 is 0 Å². The average molecular weight is 302 g/mol. The first-order valence-corrected chi connectivity index (χ1v) is 8.30. The largest absolute Gasteiger partial charge is 0.396 e. The Morgan fingerprint density at radius 1 is 1.30 bits per heavy atom. The number of aryl methyl sites for hydroxylation is 1. The monoisotopic (exact) mass is 302 g/mol. The SMILES string of the molecule is CN1CCCN(S(=O)(=O)c2cnn(CCCO)c2)CC1. The van der Waals surface area contributed by atoms with Gasteiger partial charge in [-0.1, -0.05) is 0 Å². The van der Waals surface area contributed by atoms with Crippen LogP contribution < -0.4 is 0 Å². The van der Waals surface area contributed by atoms with Gasteiger partial charge < -0.3 is 10.0 Å². The fraction of sp³-hybridized carbons (Fsp3) is 0.750. The summed E-state index contributed by atoms with van der Waals surface area (Å²) < 4.78 is 28.2. The van der Waals surface area contributed by atoms with E-state index in [9.17, 15) is 8.42 Å². The van der Waals surface area contributed by atoms with Gasteiger partial charge in [-0.2, -0.15) is 9.40 Å². The normalized spacial score (nSPS) is 19.1. The van der Waals surface area contributed by atoms with Gasteiger partial charge in [0, 0.05) is 39.0 Å². The van der Waals surface area contributed by atoms with Crippen molar-refractivity contribution in [2.45, 2.75) is 24.3 Å². The van der Waals surface area contributed by atoms with Crippen molar-refractivity contribution in [1.29, 1.82) is 0 Å². The van der Waals surface area contributed by atoms with E-state index in [1.807, 2.05) is 7.05 Å². The van der Waals surface area contributed by atoms with Gasteiger partial charge in [0.15, 0.2) is 0 Å². The molecule has 0 atom stereocenters. The first-order valence-electron chi connectivity index (χ1n) is 6.86. The summed E-state index contributed by atoms with van der Waals surface area (Å²) in [6, 6.07) is 0. The van der Waals surface area contributed by atoms with Crippen LogP contribution >= 0.6 is 0 Å². The van der Waals surface area contributed by atoms with E-state index in [4.69, 9.17) is 5.11 Å². The van der Waals surface area contributed by atoms with E-state index in [-0.39, 0.29) is 11.5 Å². The van der Waals surface area contributed by atoms with Gasteiger partial charge in [-0.15, -0.1) is 0 Å². The molecule has 0 aliphatic carbocycles. The van der Waals surface area contributed by atoms with Crippen LogP contribution in [0.3, 0.4) is 0 Å². The van der Waals surface area contributed by atoms with Gasteiger partial charge in [0.2, 0.25) is 10.0 Å². The Morgan fingerprint density at radius 3 is 2.85 bits per heavy atom. The number of rotatable bonds is 5. The molecular formula is C12H22N4O3S. The highest BCUT2D eigenvalue weighted by Crippen LogP contribution is 2.16. The summed E-state index contributed by atoms with van der Waals surface area (Å²) in [5.74, 6) is 0. The third kappa shape index (κ3) is 3.57. The van der Waals surface area contributed by atoms with Gasteiger partial charge in [0.25, 0.3) is 0 Å². The number of sulfonamides is 1. The maximum absolute atomic E-state index is 12.5. The summed E-state index contributed by atoms with van der Waals surface area (Å²) >= 11 is 0. The van der Waals surface area contributed by atoms with Crippen molar-refractivity contribution in [2.24, 2.45) is 0 Å². The van der Waals surface area contributed by atoms with E-state index in [0.29, 0.717) is 26.1 Å². The van der Waals surface area contributed by atoms with Crippen LogP contribution in [-0.2, 0) is 16.6 Å². The molecule has 0 aromatic carbocycles. The smallest absolute Gasteiger partial charge is 0.246 e. The van der Waals surface area contributed by atoms with Crippen molar-refractivity contribution < 1.29 is 13.5 Å². The second kappa shape index (κ2) is 6.66. The van der Waals surface area contributed by atoms with Crippen molar-refractivity contribution in [2.75, 3.05) is 39.8 Å². The summed E-state index contributed by atoms with van der Waals surface area (Å²) in [7, 11) is -1.45.